The molecule has 1 amide bonds. The first-order valence-electron chi connectivity index (χ1n) is 11.5. The van der Waals surface area contributed by atoms with E-state index in [0.717, 1.165) is 45.5 Å². The number of fused-ring (bicyclic) bond motifs is 2. The van der Waals surface area contributed by atoms with E-state index < -0.39 is 11.6 Å². The summed E-state index contributed by atoms with van der Waals surface area (Å²) in [7, 11) is 0. The molecule has 0 bridgehead atoms. The lowest BCUT2D eigenvalue weighted by Gasteiger charge is -2.31. The van der Waals surface area contributed by atoms with Gasteiger partial charge in [-0.1, -0.05) is 6.07 Å². The summed E-state index contributed by atoms with van der Waals surface area (Å²) in [5, 5.41) is 12.0. The molecular formula is C26H30N2O5S. The molecule has 34 heavy (non-hydrogen) atoms. The maximum atomic E-state index is 12.7. The second kappa shape index (κ2) is 10.0. The summed E-state index contributed by atoms with van der Waals surface area (Å²) in [4.78, 5) is 29.9. The quantitative estimate of drug-likeness (QED) is 0.470. The predicted molar refractivity (Wildman–Crippen MR) is 133 cm³/mol. The molecule has 3 aromatic rings. The van der Waals surface area contributed by atoms with E-state index in [1.54, 1.807) is 16.2 Å². The highest BCUT2D eigenvalue weighted by Gasteiger charge is 2.28. The second-order valence-electron chi connectivity index (χ2n) is 9.43. The number of carbonyl (C=O) groups excluding carboxylic acids is 1. The van der Waals surface area contributed by atoms with Crippen LogP contribution in [-0.2, 0) is 28.8 Å². The van der Waals surface area contributed by atoms with Crippen LogP contribution in [0.1, 0.15) is 50.4 Å². The minimum absolute atomic E-state index is 0.128. The van der Waals surface area contributed by atoms with Crippen molar-refractivity contribution >= 4 is 39.3 Å². The summed E-state index contributed by atoms with van der Waals surface area (Å²) in [6.45, 7) is 6.65. The number of carboxylic acids is 1. The van der Waals surface area contributed by atoms with E-state index in [4.69, 9.17) is 19.6 Å². The van der Waals surface area contributed by atoms with Crippen molar-refractivity contribution in [3.8, 4) is 5.75 Å². The molecule has 1 aromatic carbocycles. The molecule has 180 valence electrons. The number of anilines is 1. The Labute approximate surface area is 203 Å². The van der Waals surface area contributed by atoms with Crippen LogP contribution in [0.4, 0.5) is 10.6 Å². The van der Waals surface area contributed by atoms with Gasteiger partial charge in [-0.3, -0.25) is 9.69 Å². The molecule has 7 nitrogen and oxygen atoms in total. The number of benzene rings is 1. The topological polar surface area (TPSA) is 89.0 Å². The number of nitrogens with zero attached hydrogens (tertiary/aromatic N) is 2. The van der Waals surface area contributed by atoms with Gasteiger partial charge in [0.1, 0.15) is 17.2 Å². The number of carboxylic acid groups (broad SMARTS) is 1. The van der Waals surface area contributed by atoms with Crippen LogP contribution in [0.15, 0.2) is 35.7 Å². The summed E-state index contributed by atoms with van der Waals surface area (Å²) in [6.07, 6.45) is 2.69. The first kappa shape index (κ1) is 24.0. The van der Waals surface area contributed by atoms with Crippen LogP contribution < -0.4 is 9.64 Å². The third-order valence-electron chi connectivity index (χ3n) is 5.57. The minimum atomic E-state index is -0.788. The largest absolute Gasteiger partial charge is 0.493 e. The Morgan fingerprint density at radius 2 is 2.00 bits per heavy atom. The van der Waals surface area contributed by atoms with Gasteiger partial charge < -0.3 is 14.6 Å². The van der Waals surface area contributed by atoms with Crippen LogP contribution in [0.5, 0.6) is 5.75 Å². The highest BCUT2D eigenvalue weighted by Crippen LogP contribution is 2.31. The lowest BCUT2D eigenvalue weighted by atomic mass is 10.1. The molecule has 1 aliphatic rings. The van der Waals surface area contributed by atoms with Gasteiger partial charge in [0, 0.05) is 29.8 Å². The molecule has 0 aliphatic carbocycles. The number of amides is 1. The predicted octanol–water partition coefficient (Wildman–Crippen LogP) is 5.62. The average Bonchev–Trinajstić information content (AvgIpc) is 3.18. The summed E-state index contributed by atoms with van der Waals surface area (Å²) in [6, 6.07) is 9.95. The van der Waals surface area contributed by atoms with Crippen molar-refractivity contribution in [2.24, 2.45) is 0 Å². The van der Waals surface area contributed by atoms with Gasteiger partial charge in [-0.15, -0.1) is 11.3 Å². The van der Waals surface area contributed by atoms with Crippen molar-refractivity contribution in [3.63, 3.8) is 0 Å². The SMILES string of the molecule is CC(C)(C)OC(=O)N1CCCc2ccc(CCOc3ccc4c(CCC(=O)O)csc4c3)nc21. The number of hydrogen-bond acceptors (Lipinski definition) is 6. The number of ether oxygens (including phenoxy) is 2. The van der Waals surface area contributed by atoms with Crippen molar-refractivity contribution in [3.05, 3.63) is 52.5 Å². The molecule has 2 aromatic heterocycles. The zero-order valence-electron chi connectivity index (χ0n) is 19.8. The molecule has 0 saturated heterocycles. The summed E-state index contributed by atoms with van der Waals surface area (Å²) in [5.74, 6) is 0.670. The molecule has 0 radical (unpaired) electrons. The highest BCUT2D eigenvalue weighted by molar-refractivity contribution is 7.17. The average molecular weight is 483 g/mol. The lowest BCUT2D eigenvalue weighted by molar-refractivity contribution is -0.136. The van der Waals surface area contributed by atoms with Crippen LogP contribution >= 0.6 is 11.3 Å². The van der Waals surface area contributed by atoms with E-state index in [0.29, 0.717) is 31.8 Å². The third-order valence-corrected chi connectivity index (χ3v) is 6.57. The molecule has 0 fully saturated rings. The van der Waals surface area contributed by atoms with E-state index in [1.807, 2.05) is 56.5 Å². The number of hydrogen-bond donors (Lipinski definition) is 1. The van der Waals surface area contributed by atoms with Crippen LogP contribution in [0, 0.1) is 0 Å². The molecule has 1 aliphatic heterocycles. The first-order chi connectivity index (χ1) is 16.2. The Hall–Kier alpha value is -3.13. The Morgan fingerprint density at radius 3 is 2.76 bits per heavy atom. The van der Waals surface area contributed by atoms with E-state index >= 15 is 0 Å². The van der Waals surface area contributed by atoms with Crippen molar-refractivity contribution < 1.29 is 24.2 Å². The van der Waals surface area contributed by atoms with Crippen LogP contribution in [0.3, 0.4) is 0 Å². The molecule has 0 atom stereocenters. The molecule has 8 heteroatoms. The van der Waals surface area contributed by atoms with Gasteiger partial charge >= 0.3 is 12.1 Å². The van der Waals surface area contributed by atoms with Crippen molar-refractivity contribution in [2.75, 3.05) is 18.1 Å². The maximum absolute atomic E-state index is 12.7. The van der Waals surface area contributed by atoms with Crippen molar-refractivity contribution in [2.45, 2.75) is 58.5 Å². The van der Waals surface area contributed by atoms with Crippen LogP contribution in [0.25, 0.3) is 10.1 Å². The Morgan fingerprint density at radius 1 is 1.18 bits per heavy atom. The van der Waals surface area contributed by atoms with Gasteiger partial charge in [0.25, 0.3) is 0 Å². The number of pyridine rings is 1. The van der Waals surface area contributed by atoms with Gasteiger partial charge in [0.15, 0.2) is 0 Å². The van der Waals surface area contributed by atoms with Gasteiger partial charge in [-0.25, -0.2) is 9.78 Å². The van der Waals surface area contributed by atoms with Crippen LogP contribution in [0.2, 0.25) is 0 Å². The number of rotatable bonds is 7. The number of thiophene rings is 1. The van der Waals surface area contributed by atoms with Gasteiger partial charge in [-0.2, -0.15) is 0 Å². The van der Waals surface area contributed by atoms with Crippen LogP contribution in [-0.4, -0.2) is 40.9 Å². The molecule has 1 N–H and O–H groups in total. The van der Waals surface area contributed by atoms with Gasteiger partial charge in [-0.05, 0) is 86.2 Å². The number of carbonyl (C=O) groups is 2. The normalized spacial score (nSPS) is 13.6. The minimum Gasteiger partial charge on any atom is -0.493 e. The summed E-state index contributed by atoms with van der Waals surface area (Å²) in [5.41, 5.74) is 2.42. The maximum Gasteiger partial charge on any atom is 0.416 e. The van der Waals surface area contributed by atoms with Gasteiger partial charge in [0.05, 0.1) is 6.61 Å². The number of aliphatic carboxylic acids is 1. The molecule has 3 heterocycles. The highest BCUT2D eigenvalue weighted by atomic mass is 32.1. The van der Waals surface area contributed by atoms with E-state index in [1.165, 1.54) is 0 Å². The number of aromatic nitrogens is 1. The second-order valence-corrected chi connectivity index (χ2v) is 10.3. The smallest absolute Gasteiger partial charge is 0.416 e. The molecular weight excluding hydrogens is 452 g/mol. The lowest BCUT2D eigenvalue weighted by Crippen LogP contribution is -2.40. The van der Waals surface area contributed by atoms with E-state index in [2.05, 4.69) is 0 Å². The summed E-state index contributed by atoms with van der Waals surface area (Å²) >= 11 is 1.60. The fourth-order valence-electron chi connectivity index (χ4n) is 3.97. The molecule has 0 unspecified atom stereocenters. The third kappa shape index (κ3) is 5.86. The Bertz CT molecular complexity index is 1200. The first-order valence-corrected chi connectivity index (χ1v) is 12.4. The fourth-order valence-corrected chi connectivity index (χ4v) is 5.00. The molecule has 0 spiro atoms. The monoisotopic (exact) mass is 482 g/mol. The zero-order chi connectivity index (χ0) is 24.3. The van der Waals surface area contributed by atoms with Crippen molar-refractivity contribution in [1.29, 1.82) is 0 Å². The standard InChI is InChI=1S/C26H30N2O5S/c1-26(2,3)33-25(31)28-13-4-5-17-6-8-19(27-24(17)28)12-14-32-20-9-10-21-18(7-11-23(29)30)16-34-22(21)15-20/h6,8-10,15-16H,4-5,7,11-14H2,1-3H3,(H,29,30). The zero-order valence-corrected chi connectivity index (χ0v) is 20.6. The summed E-state index contributed by atoms with van der Waals surface area (Å²) < 4.78 is 12.6. The number of aryl methyl sites for hydroxylation is 2. The van der Waals surface area contributed by atoms with E-state index in [9.17, 15) is 9.59 Å². The fraction of sp³-hybridized carbons (Fsp3) is 0.423. The Balaban J connectivity index is 1.39. The van der Waals surface area contributed by atoms with E-state index in [-0.39, 0.29) is 12.5 Å². The molecule has 0 saturated carbocycles. The Kier molecular flexibility index (Phi) is 7.07. The molecule has 4 rings (SSSR count). The van der Waals surface area contributed by atoms with Crippen molar-refractivity contribution in [1.82, 2.24) is 4.98 Å². The van der Waals surface area contributed by atoms with Gasteiger partial charge in [0.2, 0.25) is 0 Å².